The van der Waals surface area contributed by atoms with Gasteiger partial charge in [0.2, 0.25) is 5.91 Å². The first-order valence-electron chi connectivity index (χ1n) is 9.95. The molecule has 2 N–H and O–H groups in total. The standard InChI is InChI=1S/C21H30N2O3/c1-25-18-7-3-4-14(12-18)19-13-23(8-9-26-19)21(24)17-10-15-5-2-6-16(11-17)20(15)22/h3-4,7,12,15-17,19-20H,2,5-6,8-11,13,22H2,1H3. The number of hydrogen-bond acceptors (Lipinski definition) is 4. The molecule has 3 unspecified atom stereocenters. The van der Waals surface area contributed by atoms with E-state index in [0.29, 0.717) is 43.5 Å². The number of ether oxygens (including phenoxy) is 2. The molecule has 3 atom stereocenters. The largest absolute Gasteiger partial charge is 0.497 e. The monoisotopic (exact) mass is 358 g/mol. The molecule has 0 spiro atoms. The SMILES string of the molecule is COc1cccc(C2CN(C(=O)C3CC4CCCC(C3)C4N)CCO2)c1. The summed E-state index contributed by atoms with van der Waals surface area (Å²) >= 11 is 0. The average Bonchev–Trinajstić information content (AvgIpc) is 2.67. The molecule has 2 bridgehead atoms. The van der Waals surface area contributed by atoms with Gasteiger partial charge in [-0.15, -0.1) is 0 Å². The van der Waals surface area contributed by atoms with Gasteiger partial charge < -0.3 is 20.1 Å². The third-order valence-electron chi connectivity index (χ3n) is 6.61. The summed E-state index contributed by atoms with van der Waals surface area (Å²) in [5, 5.41) is 0. The van der Waals surface area contributed by atoms with Crippen molar-refractivity contribution in [3.8, 4) is 5.75 Å². The van der Waals surface area contributed by atoms with Gasteiger partial charge >= 0.3 is 0 Å². The van der Waals surface area contributed by atoms with Gasteiger partial charge in [0.15, 0.2) is 0 Å². The van der Waals surface area contributed by atoms with Gasteiger partial charge in [-0.05, 0) is 55.2 Å². The highest BCUT2D eigenvalue weighted by molar-refractivity contribution is 5.79. The van der Waals surface area contributed by atoms with Crippen LogP contribution in [0.4, 0.5) is 0 Å². The zero-order valence-electron chi connectivity index (χ0n) is 15.6. The molecular weight excluding hydrogens is 328 g/mol. The van der Waals surface area contributed by atoms with Crippen molar-refractivity contribution >= 4 is 5.91 Å². The minimum atomic E-state index is -0.0758. The van der Waals surface area contributed by atoms with Crippen LogP contribution in [0.2, 0.25) is 0 Å². The predicted octanol–water partition coefficient (Wildman–Crippen LogP) is 2.75. The van der Waals surface area contributed by atoms with Crippen LogP contribution in [0.15, 0.2) is 24.3 Å². The normalized spacial score (nSPS) is 34.4. The summed E-state index contributed by atoms with van der Waals surface area (Å²) in [6.45, 7) is 1.91. The lowest BCUT2D eigenvalue weighted by molar-refractivity contribution is -0.146. The Labute approximate surface area is 155 Å². The van der Waals surface area contributed by atoms with Crippen LogP contribution in [0, 0.1) is 17.8 Å². The van der Waals surface area contributed by atoms with Crippen molar-refractivity contribution in [3.63, 3.8) is 0 Å². The maximum absolute atomic E-state index is 13.2. The van der Waals surface area contributed by atoms with E-state index in [9.17, 15) is 4.79 Å². The quantitative estimate of drug-likeness (QED) is 0.902. The second-order valence-corrected chi connectivity index (χ2v) is 8.12. The second kappa shape index (κ2) is 7.57. The molecule has 26 heavy (non-hydrogen) atoms. The molecule has 1 aromatic rings. The second-order valence-electron chi connectivity index (χ2n) is 8.12. The van der Waals surface area contributed by atoms with Crippen molar-refractivity contribution in [2.45, 2.75) is 44.2 Å². The molecule has 5 heteroatoms. The highest BCUT2D eigenvalue weighted by Gasteiger charge is 2.42. The minimum Gasteiger partial charge on any atom is -0.497 e. The summed E-state index contributed by atoms with van der Waals surface area (Å²) < 4.78 is 11.3. The molecule has 3 aliphatic rings. The van der Waals surface area contributed by atoms with Crippen LogP contribution in [-0.4, -0.2) is 43.7 Å². The number of morpholine rings is 1. The predicted molar refractivity (Wildman–Crippen MR) is 99.8 cm³/mol. The number of carbonyl (C=O) groups is 1. The van der Waals surface area contributed by atoms with E-state index < -0.39 is 0 Å². The third-order valence-corrected chi connectivity index (χ3v) is 6.61. The summed E-state index contributed by atoms with van der Waals surface area (Å²) in [4.78, 5) is 15.2. The molecule has 0 radical (unpaired) electrons. The number of carbonyl (C=O) groups excluding carboxylic acids is 1. The Bertz CT molecular complexity index is 636. The van der Waals surface area contributed by atoms with Crippen molar-refractivity contribution in [3.05, 3.63) is 29.8 Å². The molecule has 1 heterocycles. The van der Waals surface area contributed by atoms with E-state index in [-0.39, 0.29) is 12.0 Å². The van der Waals surface area contributed by atoms with E-state index in [1.807, 2.05) is 29.2 Å². The average molecular weight is 358 g/mol. The lowest BCUT2D eigenvalue weighted by atomic mass is 9.65. The lowest BCUT2D eigenvalue weighted by Crippen LogP contribution is -2.51. The van der Waals surface area contributed by atoms with Crippen LogP contribution in [0.5, 0.6) is 5.75 Å². The molecule has 0 aromatic heterocycles. The number of fused-ring (bicyclic) bond motifs is 2. The minimum absolute atomic E-state index is 0.0758. The summed E-state index contributed by atoms with van der Waals surface area (Å²) in [7, 11) is 1.67. The van der Waals surface area contributed by atoms with Gasteiger partial charge in [0, 0.05) is 18.5 Å². The Kier molecular flexibility index (Phi) is 5.18. The van der Waals surface area contributed by atoms with Crippen LogP contribution in [0.3, 0.4) is 0 Å². The van der Waals surface area contributed by atoms with Crippen molar-refractivity contribution < 1.29 is 14.3 Å². The maximum Gasteiger partial charge on any atom is 0.225 e. The fourth-order valence-electron chi connectivity index (χ4n) is 5.14. The Morgan fingerprint density at radius 1 is 1.27 bits per heavy atom. The van der Waals surface area contributed by atoms with E-state index in [1.54, 1.807) is 7.11 Å². The first-order chi connectivity index (χ1) is 12.7. The molecule has 1 aliphatic heterocycles. The molecule has 1 saturated heterocycles. The van der Waals surface area contributed by atoms with E-state index >= 15 is 0 Å². The highest BCUT2D eigenvalue weighted by atomic mass is 16.5. The molecular formula is C21H30N2O3. The topological polar surface area (TPSA) is 64.8 Å². The maximum atomic E-state index is 13.2. The van der Waals surface area contributed by atoms with Crippen molar-refractivity contribution in [2.24, 2.45) is 23.5 Å². The molecule has 2 aliphatic carbocycles. The summed E-state index contributed by atoms with van der Waals surface area (Å²) in [5.74, 6) is 2.35. The first-order valence-corrected chi connectivity index (χ1v) is 9.95. The first kappa shape index (κ1) is 17.8. The number of methoxy groups -OCH3 is 1. The van der Waals surface area contributed by atoms with Crippen LogP contribution < -0.4 is 10.5 Å². The summed E-state index contributed by atoms with van der Waals surface area (Å²) in [5.41, 5.74) is 7.47. The molecule has 2 saturated carbocycles. The van der Waals surface area contributed by atoms with Crippen molar-refractivity contribution in [2.75, 3.05) is 26.8 Å². The van der Waals surface area contributed by atoms with E-state index in [0.717, 1.165) is 24.2 Å². The Morgan fingerprint density at radius 3 is 2.77 bits per heavy atom. The van der Waals surface area contributed by atoms with Crippen LogP contribution in [0.25, 0.3) is 0 Å². The fourth-order valence-corrected chi connectivity index (χ4v) is 5.14. The number of nitrogens with zero attached hydrogens (tertiary/aromatic N) is 1. The van der Waals surface area contributed by atoms with Gasteiger partial charge in [-0.25, -0.2) is 0 Å². The molecule has 5 nitrogen and oxygen atoms in total. The van der Waals surface area contributed by atoms with Gasteiger partial charge in [0.1, 0.15) is 11.9 Å². The number of amides is 1. The van der Waals surface area contributed by atoms with E-state index in [4.69, 9.17) is 15.2 Å². The van der Waals surface area contributed by atoms with Gasteiger partial charge in [-0.2, -0.15) is 0 Å². The Hall–Kier alpha value is -1.59. The molecule has 3 fully saturated rings. The summed E-state index contributed by atoms with van der Waals surface area (Å²) in [6.07, 6.45) is 5.52. The van der Waals surface area contributed by atoms with Crippen LogP contribution in [0.1, 0.15) is 43.8 Å². The van der Waals surface area contributed by atoms with E-state index in [1.165, 1.54) is 19.3 Å². The number of benzene rings is 1. The number of hydrogen-bond donors (Lipinski definition) is 1. The fraction of sp³-hybridized carbons (Fsp3) is 0.667. The summed E-state index contributed by atoms with van der Waals surface area (Å²) in [6, 6.07) is 8.26. The molecule has 4 rings (SSSR count). The number of rotatable bonds is 3. The van der Waals surface area contributed by atoms with Gasteiger partial charge in [-0.3, -0.25) is 4.79 Å². The smallest absolute Gasteiger partial charge is 0.225 e. The van der Waals surface area contributed by atoms with Crippen LogP contribution in [-0.2, 0) is 9.53 Å². The number of nitrogens with two attached hydrogens (primary N) is 1. The van der Waals surface area contributed by atoms with E-state index in [2.05, 4.69) is 0 Å². The molecule has 142 valence electrons. The Morgan fingerprint density at radius 2 is 2.04 bits per heavy atom. The molecule has 1 amide bonds. The zero-order valence-corrected chi connectivity index (χ0v) is 15.6. The molecule has 1 aromatic carbocycles. The zero-order chi connectivity index (χ0) is 18.1. The highest BCUT2D eigenvalue weighted by Crippen LogP contribution is 2.42. The van der Waals surface area contributed by atoms with Gasteiger partial charge in [0.05, 0.1) is 20.3 Å². The van der Waals surface area contributed by atoms with Crippen molar-refractivity contribution in [1.29, 1.82) is 0 Å². The Balaban J connectivity index is 1.43. The van der Waals surface area contributed by atoms with Gasteiger partial charge in [-0.1, -0.05) is 18.6 Å². The van der Waals surface area contributed by atoms with Crippen molar-refractivity contribution in [1.82, 2.24) is 4.90 Å². The van der Waals surface area contributed by atoms with Crippen LogP contribution >= 0.6 is 0 Å². The van der Waals surface area contributed by atoms with Gasteiger partial charge in [0.25, 0.3) is 0 Å². The third kappa shape index (κ3) is 3.47. The lowest BCUT2D eigenvalue weighted by Gasteiger charge is -2.45.